The zero-order valence-corrected chi connectivity index (χ0v) is 13.7. The molecule has 118 valence electrons. The van der Waals surface area contributed by atoms with Gasteiger partial charge in [-0.1, -0.05) is 48.0 Å². The summed E-state index contributed by atoms with van der Waals surface area (Å²) in [7, 11) is 1.58. The Morgan fingerprint density at radius 1 is 1.04 bits per heavy atom. The highest BCUT2D eigenvalue weighted by atomic mass is 35.5. The number of rotatable bonds is 3. The summed E-state index contributed by atoms with van der Waals surface area (Å²) in [5.41, 5.74) is 3.21. The van der Waals surface area contributed by atoms with Gasteiger partial charge in [-0.25, -0.2) is 0 Å². The highest BCUT2D eigenvalue weighted by Crippen LogP contribution is 2.36. The van der Waals surface area contributed by atoms with Crippen molar-refractivity contribution in [3.63, 3.8) is 0 Å². The first-order valence-electron chi connectivity index (χ1n) is 7.55. The number of aromatic amines is 1. The van der Waals surface area contributed by atoms with E-state index in [0.29, 0.717) is 16.3 Å². The molecule has 4 rings (SSSR count). The number of aldehydes is 1. The molecule has 0 saturated carbocycles. The lowest BCUT2D eigenvalue weighted by Crippen LogP contribution is -1.87. The van der Waals surface area contributed by atoms with Crippen LogP contribution >= 0.6 is 11.6 Å². The number of hydrogen-bond acceptors (Lipinski definition) is 2. The first kappa shape index (κ1) is 14.8. The Kier molecular flexibility index (Phi) is 3.51. The van der Waals surface area contributed by atoms with E-state index in [0.717, 1.165) is 39.2 Å². The van der Waals surface area contributed by atoms with Crippen LogP contribution in [0.15, 0.2) is 54.6 Å². The van der Waals surface area contributed by atoms with Crippen LogP contribution in [0.3, 0.4) is 0 Å². The van der Waals surface area contributed by atoms with E-state index in [-0.39, 0.29) is 0 Å². The summed E-state index contributed by atoms with van der Waals surface area (Å²) in [6.45, 7) is 0. The van der Waals surface area contributed by atoms with E-state index < -0.39 is 0 Å². The van der Waals surface area contributed by atoms with Gasteiger partial charge >= 0.3 is 0 Å². The number of fused-ring (bicyclic) bond motifs is 3. The van der Waals surface area contributed by atoms with E-state index in [1.807, 2.05) is 36.4 Å². The van der Waals surface area contributed by atoms with Crippen LogP contribution < -0.4 is 4.74 Å². The number of carbonyl (C=O) groups excluding carboxylic acids is 1. The Labute approximate surface area is 143 Å². The van der Waals surface area contributed by atoms with E-state index >= 15 is 0 Å². The molecular formula is C20H14ClNO2. The fourth-order valence-corrected chi connectivity index (χ4v) is 3.39. The van der Waals surface area contributed by atoms with Crippen LogP contribution in [0.4, 0.5) is 0 Å². The lowest BCUT2D eigenvalue weighted by Gasteiger charge is -2.05. The summed E-state index contributed by atoms with van der Waals surface area (Å²) in [6, 6.07) is 17.6. The van der Waals surface area contributed by atoms with Crippen LogP contribution in [-0.2, 0) is 0 Å². The molecule has 0 aliphatic rings. The van der Waals surface area contributed by atoms with Gasteiger partial charge in [0.1, 0.15) is 5.75 Å². The second kappa shape index (κ2) is 5.69. The number of benzene rings is 3. The molecule has 0 aliphatic carbocycles. The molecule has 3 nitrogen and oxygen atoms in total. The van der Waals surface area contributed by atoms with Gasteiger partial charge in [-0.2, -0.15) is 0 Å². The molecule has 0 unspecified atom stereocenters. The largest absolute Gasteiger partial charge is 0.495 e. The topological polar surface area (TPSA) is 42.1 Å². The second-order valence-corrected chi connectivity index (χ2v) is 6.00. The van der Waals surface area contributed by atoms with Crippen molar-refractivity contribution in [3.05, 3.63) is 65.2 Å². The van der Waals surface area contributed by atoms with Crippen LogP contribution in [0.25, 0.3) is 32.9 Å². The highest BCUT2D eigenvalue weighted by Gasteiger charge is 2.15. The highest BCUT2D eigenvalue weighted by molar-refractivity contribution is 6.32. The van der Waals surface area contributed by atoms with Crippen molar-refractivity contribution in [3.8, 4) is 17.0 Å². The molecule has 0 spiro atoms. The van der Waals surface area contributed by atoms with E-state index in [2.05, 4.69) is 11.1 Å². The maximum Gasteiger partial charge on any atom is 0.152 e. The first-order chi connectivity index (χ1) is 11.7. The fourth-order valence-electron chi connectivity index (χ4n) is 3.13. The summed E-state index contributed by atoms with van der Waals surface area (Å²) in [4.78, 5) is 15.2. The third-order valence-corrected chi connectivity index (χ3v) is 4.59. The Morgan fingerprint density at radius 3 is 2.62 bits per heavy atom. The molecule has 1 heterocycles. The van der Waals surface area contributed by atoms with Gasteiger partial charge in [0.15, 0.2) is 6.29 Å². The van der Waals surface area contributed by atoms with Crippen molar-refractivity contribution >= 4 is 39.6 Å². The van der Waals surface area contributed by atoms with E-state index in [1.54, 1.807) is 19.2 Å². The minimum atomic E-state index is 0.510. The average molecular weight is 336 g/mol. The van der Waals surface area contributed by atoms with Crippen LogP contribution in [0.2, 0.25) is 5.02 Å². The number of H-pyrrole nitrogens is 1. The number of carbonyl (C=O) groups is 1. The van der Waals surface area contributed by atoms with Crippen LogP contribution in [0, 0.1) is 0 Å². The maximum absolute atomic E-state index is 11.7. The Hall–Kier alpha value is -2.78. The van der Waals surface area contributed by atoms with Gasteiger partial charge in [-0.05, 0) is 23.6 Å². The molecule has 0 radical (unpaired) electrons. The molecule has 4 aromatic rings. The van der Waals surface area contributed by atoms with Gasteiger partial charge < -0.3 is 9.72 Å². The Morgan fingerprint density at radius 2 is 1.88 bits per heavy atom. The zero-order chi connectivity index (χ0) is 16.7. The van der Waals surface area contributed by atoms with Gasteiger partial charge in [-0.3, -0.25) is 4.79 Å². The summed E-state index contributed by atoms with van der Waals surface area (Å²) in [5.74, 6) is 0.606. The van der Waals surface area contributed by atoms with Crippen molar-refractivity contribution < 1.29 is 9.53 Å². The number of ether oxygens (including phenoxy) is 1. The van der Waals surface area contributed by atoms with Gasteiger partial charge in [-0.15, -0.1) is 0 Å². The van der Waals surface area contributed by atoms with Crippen LogP contribution in [-0.4, -0.2) is 18.4 Å². The summed E-state index contributed by atoms with van der Waals surface area (Å²) in [5, 5.41) is 3.63. The minimum Gasteiger partial charge on any atom is -0.495 e. The van der Waals surface area contributed by atoms with E-state index in [9.17, 15) is 4.79 Å². The third kappa shape index (κ3) is 2.17. The lowest BCUT2D eigenvalue weighted by atomic mass is 10.0. The molecule has 0 aliphatic heterocycles. The molecule has 24 heavy (non-hydrogen) atoms. The van der Waals surface area contributed by atoms with Gasteiger partial charge in [0, 0.05) is 21.9 Å². The first-order valence-corrected chi connectivity index (χ1v) is 7.93. The van der Waals surface area contributed by atoms with Crippen molar-refractivity contribution in [1.82, 2.24) is 4.98 Å². The van der Waals surface area contributed by atoms with Crippen molar-refractivity contribution in [2.45, 2.75) is 0 Å². The Balaban J connectivity index is 2.03. The molecule has 1 N–H and O–H groups in total. The van der Waals surface area contributed by atoms with Crippen LogP contribution in [0.1, 0.15) is 10.4 Å². The Bertz CT molecular complexity index is 1080. The molecule has 0 atom stereocenters. The molecule has 0 fully saturated rings. The zero-order valence-electron chi connectivity index (χ0n) is 13.0. The monoisotopic (exact) mass is 335 g/mol. The summed E-state index contributed by atoms with van der Waals surface area (Å²) >= 11 is 6.24. The van der Waals surface area contributed by atoms with Crippen LogP contribution in [0.5, 0.6) is 5.75 Å². The van der Waals surface area contributed by atoms with Crippen molar-refractivity contribution in [2.75, 3.05) is 7.11 Å². The predicted molar refractivity (Wildman–Crippen MR) is 98.2 cm³/mol. The predicted octanol–water partition coefficient (Wildman–Crippen LogP) is 5.46. The maximum atomic E-state index is 11.7. The van der Waals surface area contributed by atoms with Gasteiger partial charge in [0.25, 0.3) is 0 Å². The smallest absolute Gasteiger partial charge is 0.152 e. The number of methoxy groups -OCH3 is 1. The third-order valence-electron chi connectivity index (χ3n) is 4.30. The number of hydrogen-bond donors (Lipinski definition) is 1. The molecular weight excluding hydrogens is 322 g/mol. The van der Waals surface area contributed by atoms with Gasteiger partial charge in [0.2, 0.25) is 0 Å². The molecule has 4 heteroatoms. The second-order valence-electron chi connectivity index (χ2n) is 5.59. The summed E-state index contributed by atoms with van der Waals surface area (Å²) in [6.07, 6.45) is 0.890. The molecule has 0 amide bonds. The SMILES string of the molecule is COc1ccc(-c2[nH]c3c(ccc4ccccc43)c2C=O)cc1Cl. The van der Waals surface area contributed by atoms with Crippen molar-refractivity contribution in [2.24, 2.45) is 0 Å². The summed E-state index contributed by atoms with van der Waals surface area (Å²) < 4.78 is 5.20. The quantitative estimate of drug-likeness (QED) is 0.505. The number of nitrogens with one attached hydrogen (secondary N) is 1. The molecule has 0 saturated heterocycles. The normalized spacial score (nSPS) is 11.1. The van der Waals surface area contributed by atoms with E-state index in [1.165, 1.54) is 0 Å². The fraction of sp³-hybridized carbons (Fsp3) is 0.0500. The van der Waals surface area contributed by atoms with Gasteiger partial charge in [0.05, 0.1) is 23.3 Å². The number of aromatic nitrogens is 1. The molecule has 0 bridgehead atoms. The van der Waals surface area contributed by atoms with E-state index in [4.69, 9.17) is 16.3 Å². The number of halogens is 1. The minimum absolute atomic E-state index is 0.510. The average Bonchev–Trinajstić information content (AvgIpc) is 3.00. The molecule has 1 aromatic heterocycles. The van der Waals surface area contributed by atoms with Crippen molar-refractivity contribution in [1.29, 1.82) is 0 Å². The lowest BCUT2D eigenvalue weighted by molar-refractivity contribution is 0.112. The molecule has 3 aromatic carbocycles. The standard InChI is InChI=1S/C20H14ClNO2/c1-24-18-9-7-13(10-17(18)21)19-16(11-23)15-8-6-12-4-2-3-5-14(12)20(15)22-19/h2-11,22H,1H3.